The minimum Gasteiger partial charge on any atom is -0.394 e. The summed E-state index contributed by atoms with van der Waals surface area (Å²) in [6.45, 7) is -0.0956. The Hall–Kier alpha value is -1.36. The van der Waals surface area contributed by atoms with Gasteiger partial charge in [-0.05, 0) is 23.8 Å². The number of aromatic amines is 1. The van der Waals surface area contributed by atoms with E-state index in [1.807, 2.05) is 12.1 Å². The highest BCUT2D eigenvalue weighted by atomic mass is 35.5. The minimum absolute atomic E-state index is 0.0956. The van der Waals surface area contributed by atoms with E-state index >= 15 is 0 Å². The lowest BCUT2D eigenvalue weighted by Gasteiger charge is -2.10. The molecular weight excluding hydrogens is 226 g/mol. The van der Waals surface area contributed by atoms with Crippen molar-refractivity contribution < 1.29 is 5.11 Å². The lowest BCUT2D eigenvalue weighted by Crippen LogP contribution is -2.14. The molecule has 0 aliphatic carbocycles. The minimum atomic E-state index is -0.394. The molecule has 84 valence electrons. The zero-order valence-electron chi connectivity index (χ0n) is 8.52. The lowest BCUT2D eigenvalue weighted by molar-refractivity contribution is 0.268. The quantitative estimate of drug-likeness (QED) is 0.761. The highest BCUT2D eigenvalue weighted by molar-refractivity contribution is 6.33. The van der Waals surface area contributed by atoms with Gasteiger partial charge in [0.05, 0.1) is 23.4 Å². The summed E-state index contributed by atoms with van der Waals surface area (Å²) in [5.41, 5.74) is 8.15. The number of rotatable bonds is 3. The maximum atomic E-state index is 9.00. The van der Waals surface area contributed by atoms with Crippen LogP contribution in [0.4, 0.5) is 0 Å². The van der Waals surface area contributed by atoms with Gasteiger partial charge in [-0.15, -0.1) is 0 Å². The summed E-state index contributed by atoms with van der Waals surface area (Å²) in [6.07, 6.45) is 1.73. The fraction of sp³-hybridized carbons (Fsp3) is 0.182. The van der Waals surface area contributed by atoms with Gasteiger partial charge in [0.1, 0.15) is 0 Å². The smallest absolute Gasteiger partial charge is 0.0935 e. The molecule has 5 heteroatoms. The van der Waals surface area contributed by atoms with Crippen molar-refractivity contribution in [3.05, 3.63) is 41.0 Å². The number of aromatic nitrogens is 2. The van der Waals surface area contributed by atoms with Crippen LogP contribution in [0.3, 0.4) is 0 Å². The first-order valence-corrected chi connectivity index (χ1v) is 5.26. The molecule has 4 N–H and O–H groups in total. The summed E-state index contributed by atoms with van der Waals surface area (Å²) in [5, 5.41) is 16.4. The Morgan fingerprint density at radius 3 is 2.88 bits per heavy atom. The van der Waals surface area contributed by atoms with E-state index in [1.54, 1.807) is 18.3 Å². The van der Waals surface area contributed by atoms with Crippen LogP contribution in [0.2, 0.25) is 5.02 Å². The van der Waals surface area contributed by atoms with Crippen LogP contribution in [-0.2, 0) is 0 Å². The monoisotopic (exact) mass is 237 g/mol. The van der Waals surface area contributed by atoms with Gasteiger partial charge in [0.2, 0.25) is 0 Å². The molecule has 1 atom stereocenters. The summed E-state index contributed by atoms with van der Waals surface area (Å²) in [5.74, 6) is 0. The molecule has 0 aliphatic heterocycles. The van der Waals surface area contributed by atoms with Crippen molar-refractivity contribution in [2.75, 3.05) is 6.61 Å². The Balaban J connectivity index is 2.45. The van der Waals surface area contributed by atoms with Crippen LogP contribution in [0.5, 0.6) is 0 Å². The molecule has 1 unspecified atom stereocenters. The van der Waals surface area contributed by atoms with Gasteiger partial charge in [-0.2, -0.15) is 5.10 Å². The van der Waals surface area contributed by atoms with Crippen LogP contribution in [0.25, 0.3) is 11.3 Å². The summed E-state index contributed by atoms with van der Waals surface area (Å²) < 4.78 is 0. The van der Waals surface area contributed by atoms with E-state index in [2.05, 4.69) is 10.2 Å². The van der Waals surface area contributed by atoms with Gasteiger partial charge >= 0.3 is 0 Å². The number of nitrogens with zero attached hydrogens (tertiary/aromatic N) is 1. The summed E-state index contributed by atoms with van der Waals surface area (Å²) in [6, 6.07) is 6.85. The first kappa shape index (κ1) is 11.1. The fourth-order valence-electron chi connectivity index (χ4n) is 1.49. The standard InChI is InChI=1S/C11H12ClN3O/c12-9-2-1-7(10(13)6-16)5-8(9)11-3-4-14-15-11/h1-5,10,16H,6,13H2,(H,14,15). The molecule has 0 amide bonds. The van der Waals surface area contributed by atoms with Gasteiger partial charge in [0.15, 0.2) is 0 Å². The van der Waals surface area contributed by atoms with Crippen LogP contribution in [0.15, 0.2) is 30.5 Å². The number of nitrogens with two attached hydrogens (primary N) is 1. The van der Waals surface area contributed by atoms with Crippen molar-refractivity contribution in [1.29, 1.82) is 0 Å². The largest absolute Gasteiger partial charge is 0.394 e. The molecule has 0 fully saturated rings. The first-order valence-electron chi connectivity index (χ1n) is 4.88. The zero-order chi connectivity index (χ0) is 11.5. The van der Waals surface area contributed by atoms with Gasteiger partial charge in [-0.25, -0.2) is 0 Å². The Labute approximate surface area is 98.1 Å². The number of hydrogen-bond acceptors (Lipinski definition) is 3. The van der Waals surface area contributed by atoms with E-state index in [1.165, 1.54) is 0 Å². The lowest BCUT2D eigenvalue weighted by atomic mass is 10.0. The highest BCUT2D eigenvalue weighted by Crippen LogP contribution is 2.28. The van der Waals surface area contributed by atoms with Crippen LogP contribution in [-0.4, -0.2) is 21.9 Å². The SMILES string of the molecule is NC(CO)c1ccc(Cl)c(-c2cc[nH]n2)c1. The zero-order valence-corrected chi connectivity index (χ0v) is 9.28. The van der Waals surface area contributed by atoms with E-state index < -0.39 is 6.04 Å². The van der Waals surface area contributed by atoms with Crippen LogP contribution in [0.1, 0.15) is 11.6 Å². The Kier molecular flexibility index (Phi) is 3.24. The molecule has 0 saturated heterocycles. The average molecular weight is 238 g/mol. The van der Waals surface area contributed by atoms with Crippen molar-refractivity contribution in [3.63, 3.8) is 0 Å². The maximum absolute atomic E-state index is 9.00. The third kappa shape index (κ3) is 2.09. The molecule has 0 bridgehead atoms. The predicted octanol–water partition coefficient (Wildman–Crippen LogP) is 1.72. The van der Waals surface area contributed by atoms with Crippen LogP contribution < -0.4 is 5.73 Å². The molecule has 1 aromatic carbocycles. The molecular formula is C11H12ClN3O. The number of H-pyrrole nitrogens is 1. The van der Waals surface area contributed by atoms with Gasteiger partial charge in [0, 0.05) is 11.8 Å². The van der Waals surface area contributed by atoms with E-state index in [-0.39, 0.29) is 6.61 Å². The van der Waals surface area contributed by atoms with E-state index in [0.717, 1.165) is 16.8 Å². The molecule has 1 aromatic heterocycles. The number of aliphatic hydroxyl groups excluding tert-OH is 1. The van der Waals surface area contributed by atoms with Gasteiger partial charge in [-0.3, -0.25) is 5.10 Å². The number of nitrogens with one attached hydrogen (secondary N) is 1. The summed E-state index contributed by atoms with van der Waals surface area (Å²) >= 11 is 6.08. The van der Waals surface area contributed by atoms with Crippen molar-refractivity contribution in [2.24, 2.45) is 5.73 Å². The van der Waals surface area contributed by atoms with Gasteiger partial charge in [0.25, 0.3) is 0 Å². The van der Waals surface area contributed by atoms with E-state index in [9.17, 15) is 0 Å². The molecule has 2 aromatic rings. The Morgan fingerprint density at radius 2 is 2.25 bits per heavy atom. The molecule has 0 saturated carbocycles. The molecule has 0 aliphatic rings. The number of benzene rings is 1. The fourth-order valence-corrected chi connectivity index (χ4v) is 1.70. The average Bonchev–Trinajstić information content (AvgIpc) is 2.82. The van der Waals surface area contributed by atoms with E-state index in [4.69, 9.17) is 22.4 Å². The van der Waals surface area contributed by atoms with Crippen molar-refractivity contribution in [3.8, 4) is 11.3 Å². The molecule has 4 nitrogen and oxygen atoms in total. The van der Waals surface area contributed by atoms with Gasteiger partial charge < -0.3 is 10.8 Å². The van der Waals surface area contributed by atoms with Crippen molar-refractivity contribution >= 4 is 11.6 Å². The Bertz CT molecular complexity index is 470. The summed E-state index contributed by atoms with van der Waals surface area (Å²) in [7, 11) is 0. The van der Waals surface area contributed by atoms with E-state index in [0.29, 0.717) is 5.02 Å². The van der Waals surface area contributed by atoms with Crippen LogP contribution in [0, 0.1) is 0 Å². The number of aliphatic hydroxyl groups is 1. The molecule has 1 heterocycles. The third-order valence-corrected chi connectivity index (χ3v) is 2.72. The topological polar surface area (TPSA) is 74.9 Å². The maximum Gasteiger partial charge on any atom is 0.0935 e. The highest BCUT2D eigenvalue weighted by Gasteiger charge is 2.10. The number of halogens is 1. The second-order valence-corrected chi connectivity index (χ2v) is 3.90. The molecule has 0 radical (unpaired) electrons. The summed E-state index contributed by atoms with van der Waals surface area (Å²) in [4.78, 5) is 0. The second kappa shape index (κ2) is 4.65. The third-order valence-electron chi connectivity index (χ3n) is 2.39. The Morgan fingerprint density at radius 1 is 1.44 bits per heavy atom. The van der Waals surface area contributed by atoms with Crippen molar-refractivity contribution in [2.45, 2.75) is 6.04 Å². The predicted molar refractivity (Wildman–Crippen MR) is 63.0 cm³/mol. The molecule has 16 heavy (non-hydrogen) atoms. The molecule has 0 spiro atoms. The molecule has 2 rings (SSSR count). The van der Waals surface area contributed by atoms with Crippen molar-refractivity contribution in [1.82, 2.24) is 10.2 Å². The first-order chi connectivity index (χ1) is 7.72. The second-order valence-electron chi connectivity index (χ2n) is 3.49. The van der Waals surface area contributed by atoms with Gasteiger partial charge in [-0.1, -0.05) is 17.7 Å². The normalized spacial score (nSPS) is 12.7. The van der Waals surface area contributed by atoms with Crippen LogP contribution >= 0.6 is 11.6 Å². The number of hydrogen-bond donors (Lipinski definition) is 3.